The Hall–Kier alpha value is -1.06. The molecule has 1 aliphatic carbocycles. The fourth-order valence-electron chi connectivity index (χ4n) is 4.66. The molecular formula is C27H50O4. The molecule has 0 aromatic heterocycles. The van der Waals surface area contributed by atoms with Crippen LogP contribution in [0.25, 0.3) is 0 Å². The molecule has 1 rings (SSSR count). The molecule has 0 heterocycles. The predicted octanol–water partition coefficient (Wildman–Crippen LogP) is 7.78. The Labute approximate surface area is 191 Å². The van der Waals surface area contributed by atoms with Crippen LogP contribution in [-0.2, 0) is 14.3 Å². The number of unbranched alkanes of at least 4 members (excludes halogenated alkanes) is 6. The summed E-state index contributed by atoms with van der Waals surface area (Å²) in [5, 5.41) is 9.16. The topological polar surface area (TPSA) is 63.6 Å². The molecule has 0 aromatic rings. The van der Waals surface area contributed by atoms with Gasteiger partial charge in [-0.15, -0.1) is 0 Å². The largest absolute Gasteiger partial charge is 0.481 e. The Morgan fingerprint density at radius 1 is 0.677 bits per heavy atom. The molecule has 0 aromatic carbocycles. The van der Waals surface area contributed by atoms with Crippen LogP contribution < -0.4 is 0 Å². The van der Waals surface area contributed by atoms with E-state index in [0.717, 1.165) is 37.5 Å². The highest BCUT2D eigenvalue weighted by molar-refractivity contribution is 5.74. The van der Waals surface area contributed by atoms with E-state index in [9.17, 15) is 9.59 Å². The second-order valence-corrected chi connectivity index (χ2v) is 10.7. The van der Waals surface area contributed by atoms with Crippen LogP contribution in [0, 0.1) is 23.7 Å². The normalized spacial score (nSPS) is 20.2. The summed E-state index contributed by atoms with van der Waals surface area (Å²) >= 11 is 0. The maximum Gasteiger partial charge on any atom is 0.309 e. The smallest absolute Gasteiger partial charge is 0.309 e. The summed E-state index contributed by atoms with van der Waals surface area (Å²) in [4.78, 5) is 23.9. The zero-order valence-electron chi connectivity index (χ0n) is 20.9. The zero-order valence-corrected chi connectivity index (χ0v) is 20.9. The summed E-state index contributed by atoms with van der Waals surface area (Å²) in [5.41, 5.74) is 0. The number of ether oxygens (including phenoxy) is 1. The van der Waals surface area contributed by atoms with E-state index in [1.807, 2.05) is 0 Å². The summed E-state index contributed by atoms with van der Waals surface area (Å²) in [5.74, 6) is 0.350. The van der Waals surface area contributed by atoms with Gasteiger partial charge in [-0.1, -0.05) is 79.1 Å². The second-order valence-electron chi connectivity index (χ2n) is 10.7. The summed E-state index contributed by atoms with van der Waals surface area (Å²) < 4.78 is 5.98. The molecule has 1 unspecified atom stereocenters. The quantitative estimate of drug-likeness (QED) is 0.186. The minimum Gasteiger partial charge on any atom is -0.481 e. The van der Waals surface area contributed by atoms with Gasteiger partial charge in [0.2, 0.25) is 0 Å². The number of esters is 1. The van der Waals surface area contributed by atoms with E-state index in [1.165, 1.54) is 51.4 Å². The Morgan fingerprint density at radius 3 is 1.55 bits per heavy atom. The van der Waals surface area contributed by atoms with Crippen LogP contribution in [0.3, 0.4) is 0 Å². The molecule has 182 valence electrons. The number of aliphatic carboxylic acids is 1. The lowest BCUT2D eigenvalue weighted by Gasteiger charge is -2.27. The number of carbonyl (C=O) groups is 2. The predicted molar refractivity (Wildman–Crippen MR) is 128 cm³/mol. The van der Waals surface area contributed by atoms with Crippen LogP contribution in [0.5, 0.6) is 0 Å². The van der Waals surface area contributed by atoms with Crippen molar-refractivity contribution in [1.29, 1.82) is 0 Å². The number of carboxylic acid groups (broad SMARTS) is 1. The van der Waals surface area contributed by atoms with Crippen molar-refractivity contribution in [2.24, 2.45) is 23.7 Å². The van der Waals surface area contributed by atoms with Gasteiger partial charge in [-0.25, -0.2) is 0 Å². The van der Waals surface area contributed by atoms with E-state index in [-0.39, 0.29) is 23.9 Å². The van der Waals surface area contributed by atoms with Gasteiger partial charge in [-0.3, -0.25) is 9.59 Å². The Balaban J connectivity index is 2.34. The minimum absolute atomic E-state index is 0.0396. The average Bonchev–Trinajstić information content (AvgIpc) is 2.72. The van der Waals surface area contributed by atoms with Gasteiger partial charge in [0.15, 0.2) is 0 Å². The minimum atomic E-state index is -0.723. The third kappa shape index (κ3) is 13.9. The monoisotopic (exact) mass is 438 g/mol. The van der Waals surface area contributed by atoms with E-state index in [1.54, 1.807) is 0 Å². The standard InChI is InChI=1S/C27H50O4/c1-21(2)13-9-7-5-6-8-10-15-25(16-12-11-14-22(3)4)31-27(30)24-19-17-23(18-20-24)26(28)29/h21-25H,5-20H2,1-4H3,(H,28,29). The second kappa shape index (κ2) is 16.6. The molecule has 31 heavy (non-hydrogen) atoms. The third-order valence-electron chi connectivity index (χ3n) is 6.81. The van der Waals surface area contributed by atoms with Crippen molar-refractivity contribution in [3.8, 4) is 0 Å². The van der Waals surface area contributed by atoms with Crippen molar-refractivity contribution >= 4 is 11.9 Å². The lowest BCUT2D eigenvalue weighted by Crippen LogP contribution is -2.29. The van der Waals surface area contributed by atoms with Gasteiger partial charge in [0.1, 0.15) is 6.10 Å². The fraction of sp³-hybridized carbons (Fsp3) is 0.926. The molecule has 1 saturated carbocycles. The first-order valence-electron chi connectivity index (χ1n) is 13.2. The number of hydrogen-bond donors (Lipinski definition) is 1. The highest BCUT2D eigenvalue weighted by Gasteiger charge is 2.31. The van der Waals surface area contributed by atoms with E-state index >= 15 is 0 Å². The van der Waals surface area contributed by atoms with Gasteiger partial charge in [0.25, 0.3) is 0 Å². The lowest BCUT2D eigenvalue weighted by atomic mass is 9.82. The number of carboxylic acids is 1. The molecule has 1 N–H and O–H groups in total. The van der Waals surface area contributed by atoms with Crippen LogP contribution in [0.15, 0.2) is 0 Å². The molecule has 0 amide bonds. The number of hydrogen-bond acceptors (Lipinski definition) is 3. The third-order valence-corrected chi connectivity index (χ3v) is 6.81. The van der Waals surface area contributed by atoms with Crippen LogP contribution in [0.2, 0.25) is 0 Å². The zero-order chi connectivity index (χ0) is 23.1. The molecular weight excluding hydrogens is 388 g/mol. The highest BCUT2D eigenvalue weighted by Crippen LogP contribution is 2.30. The Kier molecular flexibility index (Phi) is 14.9. The fourth-order valence-corrected chi connectivity index (χ4v) is 4.66. The molecule has 1 atom stereocenters. The summed E-state index contributed by atoms with van der Waals surface area (Å²) in [6, 6.07) is 0. The average molecular weight is 439 g/mol. The molecule has 0 saturated heterocycles. The SMILES string of the molecule is CC(C)CCCCCCCCC(CCCCC(C)C)OC(=O)C1CCC(C(=O)O)CC1. The van der Waals surface area contributed by atoms with E-state index < -0.39 is 5.97 Å². The molecule has 1 fully saturated rings. The molecule has 1 aliphatic rings. The summed E-state index contributed by atoms with van der Waals surface area (Å²) in [6.07, 6.45) is 17.0. The van der Waals surface area contributed by atoms with Crippen LogP contribution in [-0.4, -0.2) is 23.1 Å². The number of rotatable bonds is 17. The molecule has 4 heteroatoms. The van der Waals surface area contributed by atoms with Crippen molar-refractivity contribution in [2.45, 2.75) is 137 Å². The summed E-state index contributed by atoms with van der Waals surface area (Å²) in [7, 11) is 0. The first kappa shape index (κ1) is 28.0. The van der Waals surface area contributed by atoms with Crippen molar-refractivity contribution < 1.29 is 19.4 Å². The van der Waals surface area contributed by atoms with E-state index in [4.69, 9.17) is 9.84 Å². The van der Waals surface area contributed by atoms with Crippen molar-refractivity contribution in [3.05, 3.63) is 0 Å². The van der Waals surface area contributed by atoms with Gasteiger partial charge >= 0.3 is 11.9 Å². The Morgan fingerprint density at radius 2 is 1.06 bits per heavy atom. The summed E-state index contributed by atoms with van der Waals surface area (Å²) in [6.45, 7) is 9.10. The van der Waals surface area contributed by atoms with Crippen LogP contribution in [0.1, 0.15) is 130 Å². The molecule has 0 spiro atoms. The van der Waals surface area contributed by atoms with Crippen LogP contribution >= 0.6 is 0 Å². The molecule has 4 nitrogen and oxygen atoms in total. The van der Waals surface area contributed by atoms with Gasteiger partial charge in [-0.05, 0) is 63.2 Å². The maximum absolute atomic E-state index is 12.7. The molecule has 0 radical (unpaired) electrons. The van der Waals surface area contributed by atoms with E-state index in [2.05, 4.69) is 27.7 Å². The maximum atomic E-state index is 12.7. The van der Waals surface area contributed by atoms with Crippen molar-refractivity contribution in [1.82, 2.24) is 0 Å². The first-order chi connectivity index (χ1) is 14.8. The number of carbonyl (C=O) groups excluding carboxylic acids is 1. The van der Waals surface area contributed by atoms with Gasteiger partial charge in [-0.2, -0.15) is 0 Å². The van der Waals surface area contributed by atoms with E-state index in [0.29, 0.717) is 25.7 Å². The van der Waals surface area contributed by atoms with Crippen molar-refractivity contribution in [3.63, 3.8) is 0 Å². The van der Waals surface area contributed by atoms with Gasteiger partial charge in [0.05, 0.1) is 11.8 Å². The highest BCUT2D eigenvalue weighted by atomic mass is 16.5. The van der Waals surface area contributed by atoms with Crippen LogP contribution in [0.4, 0.5) is 0 Å². The first-order valence-corrected chi connectivity index (χ1v) is 13.2. The molecule has 0 bridgehead atoms. The van der Waals surface area contributed by atoms with Gasteiger partial charge in [0, 0.05) is 0 Å². The van der Waals surface area contributed by atoms with Crippen molar-refractivity contribution in [2.75, 3.05) is 0 Å². The lowest BCUT2D eigenvalue weighted by molar-refractivity contribution is -0.158. The van der Waals surface area contributed by atoms with Gasteiger partial charge < -0.3 is 9.84 Å². The molecule has 0 aliphatic heterocycles. The Bertz CT molecular complexity index is 478.